The normalized spacial score (nSPS) is 16.7. The van der Waals surface area contributed by atoms with Gasteiger partial charge in [-0.25, -0.2) is 9.37 Å². The van der Waals surface area contributed by atoms with Crippen molar-refractivity contribution in [2.75, 3.05) is 4.90 Å². The van der Waals surface area contributed by atoms with Gasteiger partial charge in [-0.1, -0.05) is 75.4 Å². The molecule has 206 valence electrons. The SMILES string of the molecule is Cc1cccn2c(C)c(/C(O)=C3\C(=O)C(=O)N(c4nnc(SCc5ccccc5F)s4)C3c3ccc(Br)cc3)nc12. The molecular formula is C29H21BrFN5O3S2. The van der Waals surface area contributed by atoms with E-state index in [1.54, 1.807) is 49.4 Å². The van der Waals surface area contributed by atoms with Gasteiger partial charge in [-0.05, 0) is 54.8 Å². The lowest BCUT2D eigenvalue weighted by Gasteiger charge is -2.22. The average molecular weight is 651 g/mol. The van der Waals surface area contributed by atoms with E-state index in [1.165, 1.54) is 22.7 Å². The van der Waals surface area contributed by atoms with Gasteiger partial charge in [0.2, 0.25) is 5.13 Å². The van der Waals surface area contributed by atoms with Crippen LogP contribution in [-0.2, 0) is 15.3 Å². The molecule has 5 aromatic rings. The van der Waals surface area contributed by atoms with Gasteiger partial charge in [0, 0.05) is 16.4 Å². The van der Waals surface area contributed by atoms with Crippen molar-refractivity contribution in [1.29, 1.82) is 0 Å². The first-order valence-corrected chi connectivity index (χ1v) is 15.0. The highest BCUT2D eigenvalue weighted by Gasteiger charge is 2.48. The number of benzene rings is 2. The number of halogens is 2. The minimum atomic E-state index is -0.967. The summed E-state index contributed by atoms with van der Waals surface area (Å²) in [7, 11) is 0. The van der Waals surface area contributed by atoms with Crippen LogP contribution in [-0.4, -0.2) is 36.4 Å². The van der Waals surface area contributed by atoms with E-state index in [0.717, 1.165) is 21.4 Å². The Morgan fingerprint density at radius 2 is 1.83 bits per heavy atom. The van der Waals surface area contributed by atoms with Gasteiger partial charge >= 0.3 is 5.91 Å². The Bertz CT molecular complexity index is 1870. The summed E-state index contributed by atoms with van der Waals surface area (Å²) in [6.45, 7) is 3.70. The van der Waals surface area contributed by atoms with Gasteiger partial charge < -0.3 is 9.51 Å². The quantitative estimate of drug-likeness (QED) is 0.0725. The van der Waals surface area contributed by atoms with E-state index in [4.69, 9.17) is 0 Å². The number of thioether (sulfide) groups is 1. The molecule has 1 aliphatic rings. The first kappa shape index (κ1) is 27.3. The molecule has 0 saturated carbocycles. The van der Waals surface area contributed by atoms with Gasteiger partial charge in [0.05, 0.1) is 17.3 Å². The molecule has 1 atom stereocenters. The second-order valence-electron chi connectivity index (χ2n) is 9.38. The fourth-order valence-corrected chi connectivity index (χ4v) is 6.90. The summed E-state index contributed by atoms with van der Waals surface area (Å²) < 4.78 is 17.3. The van der Waals surface area contributed by atoms with Gasteiger partial charge in [-0.15, -0.1) is 10.2 Å². The van der Waals surface area contributed by atoms with Crippen LogP contribution in [0.5, 0.6) is 0 Å². The summed E-state index contributed by atoms with van der Waals surface area (Å²) >= 11 is 5.83. The van der Waals surface area contributed by atoms with Crippen molar-refractivity contribution >= 4 is 67.3 Å². The Kier molecular flexibility index (Phi) is 7.22. The Balaban J connectivity index is 1.44. The third kappa shape index (κ3) is 4.85. The standard InChI is InChI=1S/C29H21BrFN5O3S2/c1-15-6-5-13-35-16(2)22(32-26(15)35)24(37)21-23(17-9-11-19(30)12-10-17)36(27(39)25(21)38)28-33-34-29(41-28)40-14-18-7-3-4-8-20(18)31/h3-13,23,37H,14H2,1-2H3/b24-21+. The van der Waals surface area contributed by atoms with Gasteiger partial charge in [0.15, 0.2) is 10.1 Å². The van der Waals surface area contributed by atoms with Crippen molar-refractivity contribution in [1.82, 2.24) is 19.6 Å². The van der Waals surface area contributed by atoms with Gasteiger partial charge in [-0.2, -0.15) is 0 Å². The molecule has 0 bridgehead atoms. The Labute approximate surface area is 250 Å². The zero-order valence-electron chi connectivity index (χ0n) is 21.7. The highest BCUT2D eigenvalue weighted by Crippen LogP contribution is 2.44. The number of fused-ring (bicyclic) bond motifs is 1. The van der Waals surface area contributed by atoms with Crippen LogP contribution in [0.4, 0.5) is 9.52 Å². The van der Waals surface area contributed by atoms with Crippen LogP contribution in [0.15, 0.2) is 81.2 Å². The summed E-state index contributed by atoms with van der Waals surface area (Å²) in [5.74, 6) is -2.04. The molecule has 1 saturated heterocycles. The lowest BCUT2D eigenvalue weighted by molar-refractivity contribution is -0.132. The van der Waals surface area contributed by atoms with Crippen LogP contribution in [0.3, 0.4) is 0 Å². The second-order valence-corrected chi connectivity index (χ2v) is 12.5. The van der Waals surface area contributed by atoms with Crippen LogP contribution in [0.2, 0.25) is 0 Å². The third-order valence-electron chi connectivity index (χ3n) is 6.85. The molecular weight excluding hydrogens is 629 g/mol. The summed E-state index contributed by atoms with van der Waals surface area (Å²) in [6, 6.07) is 16.4. The van der Waals surface area contributed by atoms with E-state index in [-0.39, 0.29) is 28.0 Å². The first-order chi connectivity index (χ1) is 19.7. The monoisotopic (exact) mass is 649 g/mol. The number of Topliss-reactive ketones (excluding diaryl/α,β-unsaturated/α-hetero) is 1. The Morgan fingerprint density at radius 1 is 1.07 bits per heavy atom. The molecule has 1 N–H and O–H groups in total. The molecule has 0 aliphatic carbocycles. The fourth-order valence-electron chi connectivity index (χ4n) is 4.78. The van der Waals surface area contributed by atoms with Crippen molar-refractivity contribution in [2.45, 2.75) is 30.0 Å². The Hall–Kier alpha value is -3.87. The molecule has 4 heterocycles. The number of anilines is 1. The molecule has 0 spiro atoms. The van der Waals surface area contributed by atoms with Crippen molar-refractivity contribution in [3.63, 3.8) is 0 Å². The molecule has 1 aliphatic heterocycles. The van der Waals surface area contributed by atoms with Gasteiger partial charge in [0.25, 0.3) is 5.78 Å². The molecule has 6 rings (SSSR count). The molecule has 12 heteroatoms. The van der Waals surface area contributed by atoms with E-state index < -0.39 is 17.7 Å². The van der Waals surface area contributed by atoms with Crippen LogP contribution in [0.25, 0.3) is 11.4 Å². The minimum Gasteiger partial charge on any atom is -0.505 e. The molecule has 1 amide bonds. The maximum atomic E-state index is 14.1. The third-order valence-corrected chi connectivity index (χ3v) is 9.48. The molecule has 2 aromatic carbocycles. The van der Waals surface area contributed by atoms with E-state index >= 15 is 0 Å². The molecule has 1 unspecified atom stereocenters. The fraction of sp³-hybridized carbons (Fsp3) is 0.138. The maximum absolute atomic E-state index is 14.1. The van der Waals surface area contributed by atoms with Crippen LogP contribution in [0, 0.1) is 19.7 Å². The highest BCUT2D eigenvalue weighted by atomic mass is 79.9. The van der Waals surface area contributed by atoms with Crippen molar-refractivity contribution in [3.05, 3.63) is 111 Å². The smallest absolute Gasteiger partial charge is 0.301 e. The summed E-state index contributed by atoms with van der Waals surface area (Å²) in [5.41, 5.74) is 3.42. The zero-order valence-corrected chi connectivity index (χ0v) is 24.9. The molecule has 0 radical (unpaired) electrons. The topological polar surface area (TPSA) is 101 Å². The number of aromatic nitrogens is 4. The number of hydrogen-bond acceptors (Lipinski definition) is 8. The number of aliphatic hydroxyl groups excluding tert-OH is 1. The van der Waals surface area contributed by atoms with E-state index in [0.29, 0.717) is 32.6 Å². The molecule has 3 aromatic heterocycles. The zero-order chi connectivity index (χ0) is 28.8. The summed E-state index contributed by atoms with van der Waals surface area (Å²) in [4.78, 5) is 33.0. The summed E-state index contributed by atoms with van der Waals surface area (Å²) in [6.07, 6.45) is 1.83. The summed E-state index contributed by atoms with van der Waals surface area (Å²) in [5, 5.41) is 20.2. The minimum absolute atomic E-state index is 0.0859. The number of rotatable bonds is 6. The molecule has 8 nitrogen and oxygen atoms in total. The number of hydrogen-bond donors (Lipinski definition) is 1. The number of ketones is 1. The van der Waals surface area contributed by atoms with E-state index in [9.17, 15) is 19.1 Å². The van der Waals surface area contributed by atoms with Crippen LogP contribution >= 0.6 is 39.0 Å². The Morgan fingerprint density at radius 3 is 2.56 bits per heavy atom. The maximum Gasteiger partial charge on any atom is 0.301 e. The number of aryl methyl sites for hydroxylation is 2. The van der Waals surface area contributed by atoms with Crippen LogP contribution in [0.1, 0.15) is 34.1 Å². The largest absolute Gasteiger partial charge is 0.505 e. The highest BCUT2D eigenvalue weighted by molar-refractivity contribution is 9.10. The molecule has 41 heavy (non-hydrogen) atoms. The number of nitrogens with zero attached hydrogens (tertiary/aromatic N) is 5. The number of carbonyl (C=O) groups is 2. The number of imidazole rings is 1. The lowest BCUT2D eigenvalue weighted by atomic mass is 9.96. The number of pyridine rings is 1. The number of aliphatic hydroxyl groups is 1. The van der Waals surface area contributed by atoms with Crippen molar-refractivity contribution < 1.29 is 19.1 Å². The number of amides is 1. The first-order valence-electron chi connectivity index (χ1n) is 12.5. The number of carbonyl (C=O) groups excluding carboxylic acids is 2. The van der Waals surface area contributed by atoms with Gasteiger partial charge in [-0.3, -0.25) is 14.5 Å². The van der Waals surface area contributed by atoms with E-state index in [2.05, 4.69) is 31.1 Å². The lowest BCUT2D eigenvalue weighted by Crippen LogP contribution is -2.29. The van der Waals surface area contributed by atoms with Crippen molar-refractivity contribution in [2.24, 2.45) is 0 Å². The second kappa shape index (κ2) is 10.8. The van der Waals surface area contributed by atoms with Crippen molar-refractivity contribution in [3.8, 4) is 0 Å². The van der Waals surface area contributed by atoms with E-state index in [1.807, 2.05) is 29.7 Å². The van der Waals surface area contributed by atoms with Crippen LogP contribution < -0.4 is 4.90 Å². The average Bonchev–Trinajstić information content (AvgIpc) is 3.64. The predicted molar refractivity (Wildman–Crippen MR) is 159 cm³/mol. The van der Waals surface area contributed by atoms with Gasteiger partial charge in [0.1, 0.15) is 17.2 Å². The molecule has 1 fully saturated rings. The predicted octanol–water partition coefficient (Wildman–Crippen LogP) is 6.62.